The number of rotatable bonds is 6. The fourth-order valence-electron chi connectivity index (χ4n) is 7.41. The Kier molecular flexibility index (Phi) is 6.90. The topological polar surface area (TPSA) is 66.4 Å². The zero-order valence-electron chi connectivity index (χ0n) is 24.2. The van der Waals surface area contributed by atoms with Crippen LogP contribution in [0, 0.1) is 24.0 Å². The molecule has 2 aromatic carbocycles. The van der Waals surface area contributed by atoms with Crippen molar-refractivity contribution in [3.05, 3.63) is 53.7 Å². The number of ether oxygens (including phenoxy) is 1. The Morgan fingerprint density at radius 2 is 2.09 bits per heavy atom. The van der Waals surface area contributed by atoms with Crippen LogP contribution in [-0.4, -0.2) is 76.9 Å². The first-order chi connectivity index (χ1) is 20.8. The zero-order chi connectivity index (χ0) is 29.9. The van der Waals surface area contributed by atoms with Crippen molar-refractivity contribution in [2.75, 3.05) is 38.2 Å². The first kappa shape index (κ1) is 27.9. The number of alkyl halides is 1. The molecule has 3 aliphatic heterocycles. The van der Waals surface area contributed by atoms with Crippen LogP contribution in [0.2, 0.25) is 0 Å². The molecule has 0 amide bonds. The van der Waals surface area contributed by atoms with Gasteiger partial charge >= 0.3 is 6.01 Å². The third kappa shape index (κ3) is 4.57. The van der Waals surface area contributed by atoms with Crippen LogP contribution in [0.1, 0.15) is 38.2 Å². The average Bonchev–Trinajstić information content (AvgIpc) is 3.69. The monoisotopic (exact) mass is 586 g/mol. The molecule has 7 rings (SSSR count). The maximum Gasteiger partial charge on any atom is 0.319 e. The molecule has 3 fully saturated rings. The standard InChI is InChI=1S/C33H33F3N6O/c1-4-22-25(35)10-9-20-7-5-8-23(27(20)22)29-28(36)30-24(16-38-29)31(41(3)26-11-13-37-19(26)2)40-32(39-30)43-18-33-12-6-14-42(33)17-21(34)15-33/h1,5,7-10,16,19,21,26,37H,6,11-15,17-18H2,2-3H3/t19-,21-,26+,33+/m1/s1. The number of benzene rings is 2. The molecule has 43 heavy (non-hydrogen) atoms. The molecule has 0 spiro atoms. The molecule has 4 aromatic rings. The van der Waals surface area contributed by atoms with Gasteiger partial charge in [-0.2, -0.15) is 9.97 Å². The summed E-state index contributed by atoms with van der Waals surface area (Å²) in [6.07, 6.45) is 9.44. The van der Waals surface area contributed by atoms with E-state index in [1.165, 1.54) is 6.07 Å². The van der Waals surface area contributed by atoms with E-state index in [0.29, 0.717) is 40.5 Å². The predicted molar refractivity (Wildman–Crippen MR) is 161 cm³/mol. The summed E-state index contributed by atoms with van der Waals surface area (Å²) in [6.45, 7) is 4.42. The maximum absolute atomic E-state index is 16.7. The van der Waals surface area contributed by atoms with E-state index < -0.39 is 23.3 Å². The zero-order valence-corrected chi connectivity index (χ0v) is 24.2. The van der Waals surface area contributed by atoms with Crippen LogP contribution in [0.5, 0.6) is 6.01 Å². The Balaban J connectivity index is 1.37. The number of halogens is 3. The lowest BCUT2D eigenvalue weighted by molar-refractivity contribution is 0.107. The van der Waals surface area contributed by atoms with E-state index in [4.69, 9.17) is 16.1 Å². The van der Waals surface area contributed by atoms with Gasteiger partial charge in [0.05, 0.1) is 16.5 Å². The number of anilines is 1. The molecule has 0 unspecified atom stereocenters. The van der Waals surface area contributed by atoms with E-state index in [1.807, 2.05) is 11.9 Å². The number of fused-ring (bicyclic) bond motifs is 3. The Morgan fingerprint density at radius 3 is 2.88 bits per heavy atom. The number of nitrogens with zero attached hydrogens (tertiary/aromatic N) is 5. The summed E-state index contributed by atoms with van der Waals surface area (Å²) in [5, 5.41) is 4.97. The third-order valence-electron chi connectivity index (χ3n) is 9.58. The van der Waals surface area contributed by atoms with Gasteiger partial charge in [0.25, 0.3) is 0 Å². The summed E-state index contributed by atoms with van der Waals surface area (Å²) in [5.41, 5.74) is 0.0586. The van der Waals surface area contributed by atoms with Crippen LogP contribution in [0.3, 0.4) is 0 Å². The maximum atomic E-state index is 16.7. The number of nitrogens with one attached hydrogen (secondary N) is 1. The fraction of sp³-hybridized carbons (Fsp3) is 0.424. The number of aromatic nitrogens is 3. The highest BCUT2D eigenvalue weighted by atomic mass is 19.1. The lowest BCUT2D eigenvalue weighted by atomic mass is 9.95. The minimum absolute atomic E-state index is 0.00554. The molecule has 1 N–H and O–H groups in total. The summed E-state index contributed by atoms with van der Waals surface area (Å²) in [4.78, 5) is 18.1. The first-order valence-electron chi connectivity index (χ1n) is 14.8. The van der Waals surface area contributed by atoms with Gasteiger partial charge in [-0.25, -0.2) is 13.2 Å². The second-order valence-electron chi connectivity index (χ2n) is 12.1. The van der Waals surface area contributed by atoms with Crippen molar-refractivity contribution in [1.82, 2.24) is 25.2 Å². The summed E-state index contributed by atoms with van der Waals surface area (Å²) in [7, 11) is 1.93. The van der Waals surface area contributed by atoms with Crippen molar-refractivity contribution in [2.24, 2.45) is 0 Å². The molecule has 0 aliphatic carbocycles. The molecule has 3 aliphatic rings. The smallest absolute Gasteiger partial charge is 0.319 e. The highest BCUT2D eigenvalue weighted by Gasteiger charge is 2.49. The molecule has 0 saturated carbocycles. The van der Waals surface area contributed by atoms with Crippen LogP contribution in [0.25, 0.3) is 32.9 Å². The van der Waals surface area contributed by atoms with Crippen molar-refractivity contribution < 1.29 is 17.9 Å². The number of pyridine rings is 1. The number of likely N-dealkylation sites (N-methyl/N-ethyl adjacent to an activating group) is 1. The van der Waals surface area contributed by atoms with Gasteiger partial charge in [0, 0.05) is 49.2 Å². The fourth-order valence-corrected chi connectivity index (χ4v) is 7.41. The normalized spacial score (nSPS) is 25.3. The van der Waals surface area contributed by atoms with Gasteiger partial charge in [-0.05, 0) is 50.7 Å². The predicted octanol–water partition coefficient (Wildman–Crippen LogP) is 5.25. The highest BCUT2D eigenvalue weighted by molar-refractivity contribution is 6.02. The Labute approximate surface area is 248 Å². The van der Waals surface area contributed by atoms with Crippen LogP contribution >= 0.6 is 0 Å². The lowest BCUT2D eigenvalue weighted by Crippen LogP contribution is -2.43. The van der Waals surface area contributed by atoms with Crippen LogP contribution in [0.4, 0.5) is 19.0 Å². The highest BCUT2D eigenvalue weighted by Crippen LogP contribution is 2.41. The molecular weight excluding hydrogens is 553 g/mol. The van der Waals surface area contributed by atoms with Gasteiger partial charge in [-0.15, -0.1) is 6.42 Å². The molecule has 2 aromatic heterocycles. The van der Waals surface area contributed by atoms with Crippen molar-refractivity contribution in [3.8, 4) is 29.6 Å². The van der Waals surface area contributed by atoms with Crippen molar-refractivity contribution in [3.63, 3.8) is 0 Å². The van der Waals surface area contributed by atoms with Gasteiger partial charge in [-0.1, -0.05) is 30.2 Å². The molecule has 3 saturated heterocycles. The summed E-state index contributed by atoms with van der Waals surface area (Å²) >= 11 is 0. The van der Waals surface area contributed by atoms with E-state index in [9.17, 15) is 8.78 Å². The third-order valence-corrected chi connectivity index (χ3v) is 9.58. The number of terminal acetylenes is 1. The molecule has 4 atom stereocenters. The molecule has 0 bridgehead atoms. The lowest BCUT2D eigenvalue weighted by Gasteiger charge is -2.31. The van der Waals surface area contributed by atoms with E-state index >= 15 is 4.39 Å². The molecule has 0 radical (unpaired) electrons. The van der Waals surface area contributed by atoms with Crippen LogP contribution < -0.4 is 15.0 Å². The molecule has 222 valence electrons. The SMILES string of the molecule is C#Cc1c(F)ccc2cccc(-c3ncc4c(N(C)[C@H]5CCN[C@@H]5C)nc(OC[C@@]56CCCN5C[C@H](F)C6)nc4c3F)c12. The summed E-state index contributed by atoms with van der Waals surface area (Å²) < 4.78 is 52.0. The van der Waals surface area contributed by atoms with Gasteiger partial charge in [0.1, 0.15) is 35.6 Å². The van der Waals surface area contributed by atoms with Gasteiger partial charge < -0.3 is 15.0 Å². The summed E-state index contributed by atoms with van der Waals surface area (Å²) in [6, 6.07) is 8.49. The van der Waals surface area contributed by atoms with Crippen LogP contribution in [-0.2, 0) is 0 Å². The van der Waals surface area contributed by atoms with E-state index in [-0.39, 0.29) is 41.5 Å². The number of hydrogen-bond donors (Lipinski definition) is 1. The number of hydrogen-bond acceptors (Lipinski definition) is 7. The minimum Gasteiger partial charge on any atom is -0.461 e. The van der Waals surface area contributed by atoms with Crippen molar-refractivity contribution in [1.29, 1.82) is 0 Å². The molecule has 10 heteroatoms. The Hall–Kier alpha value is -3.94. The van der Waals surface area contributed by atoms with E-state index in [0.717, 1.165) is 32.4 Å². The largest absolute Gasteiger partial charge is 0.461 e. The second kappa shape index (κ2) is 10.6. The van der Waals surface area contributed by atoms with Gasteiger partial charge in [-0.3, -0.25) is 9.88 Å². The second-order valence-corrected chi connectivity index (χ2v) is 12.1. The van der Waals surface area contributed by atoms with Crippen LogP contribution in [0.15, 0.2) is 36.5 Å². The van der Waals surface area contributed by atoms with Gasteiger partial charge in [0.2, 0.25) is 0 Å². The van der Waals surface area contributed by atoms with E-state index in [2.05, 4.69) is 33.0 Å². The minimum atomic E-state index is -0.899. The summed E-state index contributed by atoms with van der Waals surface area (Å²) in [5.74, 6) is 1.68. The van der Waals surface area contributed by atoms with Crippen molar-refractivity contribution in [2.45, 2.75) is 56.4 Å². The first-order valence-corrected chi connectivity index (χ1v) is 14.8. The average molecular weight is 587 g/mol. The molecule has 5 heterocycles. The quantitative estimate of drug-likeness (QED) is 0.310. The Bertz CT molecular complexity index is 1780. The van der Waals surface area contributed by atoms with Gasteiger partial charge in [0.15, 0.2) is 5.82 Å². The molecule has 7 nitrogen and oxygen atoms in total. The Morgan fingerprint density at radius 1 is 1.23 bits per heavy atom. The van der Waals surface area contributed by atoms with Crippen molar-refractivity contribution >= 4 is 27.5 Å². The molecular formula is C33H33F3N6O. The van der Waals surface area contributed by atoms with E-state index in [1.54, 1.807) is 30.5 Å².